The van der Waals surface area contributed by atoms with Gasteiger partial charge in [-0.2, -0.15) is 0 Å². The summed E-state index contributed by atoms with van der Waals surface area (Å²) >= 11 is 0. The first-order valence-electron chi connectivity index (χ1n) is 9.44. The Morgan fingerprint density at radius 1 is 1.27 bits per heavy atom. The van der Waals surface area contributed by atoms with Crippen molar-refractivity contribution in [3.05, 3.63) is 29.6 Å². The number of amides is 3. The summed E-state index contributed by atoms with van der Waals surface area (Å²) < 4.78 is 14.3. The van der Waals surface area contributed by atoms with Gasteiger partial charge >= 0.3 is 6.03 Å². The van der Waals surface area contributed by atoms with Crippen LogP contribution in [0.3, 0.4) is 0 Å². The number of benzene rings is 1. The maximum absolute atomic E-state index is 14.3. The molecule has 1 aromatic carbocycles. The van der Waals surface area contributed by atoms with Gasteiger partial charge in [-0.3, -0.25) is 9.69 Å². The number of hydrogen-bond donors (Lipinski definition) is 3. The average molecular weight is 360 g/mol. The second-order valence-corrected chi connectivity index (χ2v) is 7.73. The van der Waals surface area contributed by atoms with Crippen LogP contribution in [0.4, 0.5) is 14.9 Å². The zero-order valence-electron chi connectivity index (χ0n) is 14.7. The molecule has 6 nitrogen and oxygen atoms in total. The number of carbonyl (C=O) groups excluding carboxylic acids is 2. The highest BCUT2D eigenvalue weighted by atomic mass is 19.1. The number of nitrogens with two attached hydrogens (primary N) is 1. The minimum absolute atomic E-state index is 0.00449. The predicted molar refractivity (Wildman–Crippen MR) is 96.4 cm³/mol. The lowest BCUT2D eigenvalue weighted by Crippen LogP contribution is -2.53. The van der Waals surface area contributed by atoms with E-state index < -0.39 is 11.7 Å². The quantitative estimate of drug-likeness (QED) is 0.770. The summed E-state index contributed by atoms with van der Waals surface area (Å²) in [6.45, 7) is 1.06. The third-order valence-corrected chi connectivity index (χ3v) is 6.04. The second-order valence-electron chi connectivity index (χ2n) is 7.73. The van der Waals surface area contributed by atoms with Crippen molar-refractivity contribution in [2.75, 3.05) is 18.0 Å². The Bertz CT molecular complexity index is 711. The molecule has 2 atom stereocenters. The molecular weight excluding hydrogens is 335 g/mol. The zero-order chi connectivity index (χ0) is 18.3. The second kappa shape index (κ2) is 6.87. The van der Waals surface area contributed by atoms with Gasteiger partial charge in [0.05, 0.1) is 5.56 Å². The van der Waals surface area contributed by atoms with Crippen LogP contribution >= 0.6 is 0 Å². The standard InChI is InChI=1S/C19H25FN4O2/c20-16-5-4-14(24-7-6-22-19(24)26)10-15(16)18(25)23-17-11-2-1-3-12(17)9-13(21)8-11/h4-5,10-13,17H,1-3,6-9,21H2,(H,22,26)(H,23,25). The lowest BCUT2D eigenvalue weighted by Gasteiger charge is -2.45. The van der Waals surface area contributed by atoms with Crippen molar-refractivity contribution in [1.82, 2.24) is 10.6 Å². The van der Waals surface area contributed by atoms with Crippen LogP contribution in [0, 0.1) is 17.7 Å². The predicted octanol–water partition coefficient (Wildman–Crippen LogP) is 1.99. The van der Waals surface area contributed by atoms with Crippen molar-refractivity contribution < 1.29 is 14.0 Å². The molecule has 1 heterocycles. The van der Waals surface area contributed by atoms with Gasteiger partial charge in [0.1, 0.15) is 5.82 Å². The van der Waals surface area contributed by atoms with Crippen molar-refractivity contribution in [3.63, 3.8) is 0 Å². The maximum atomic E-state index is 14.3. The highest BCUT2D eigenvalue weighted by molar-refractivity contribution is 5.98. The number of halogens is 1. The molecule has 2 aliphatic carbocycles. The molecule has 3 aliphatic rings. The van der Waals surface area contributed by atoms with Crippen LogP contribution in [-0.4, -0.2) is 37.1 Å². The minimum Gasteiger partial charge on any atom is -0.349 e. The fraction of sp³-hybridized carbons (Fsp3) is 0.579. The molecular formula is C19H25FN4O2. The van der Waals surface area contributed by atoms with Crippen molar-refractivity contribution in [1.29, 1.82) is 0 Å². The SMILES string of the molecule is NC1CC2CCCC(C1)C2NC(=O)c1cc(N2CCNC2=O)ccc1F. The van der Waals surface area contributed by atoms with E-state index in [-0.39, 0.29) is 23.7 Å². The molecule has 0 aromatic heterocycles. The molecule has 3 fully saturated rings. The fourth-order valence-corrected chi connectivity index (χ4v) is 4.83. The fourth-order valence-electron chi connectivity index (χ4n) is 4.83. The Morgan fingerprint density at radius 2 is 2.00 bits per heavy atom. The highest BCUT2D eigenvalue weighted by Gasteiger charge is 2.40. The Balaban J connectivity index is 1.53. The first-order valence-corrected chi connectivity index (χ1v) is 9.44. The van der Waals surface area contributed by atoms with E-state index in [0.717, 1.165) is 25.7 Å². The monoisotopic (exact) mass is 360 g/mol. The van der Waals surface area contributed by atoms with Gasteiger partial charge in [-0.15, -0.1) is 0 Å². The third kappa shape index (κ3) is 3.16. The molecule has 1 saturated heterocycles. The molecule has 1 aliphatic heterocycles. The van der Waals surface area contributed by atoms with Gasteiger partial charge in [-0.25, -0.2) is 9.18 Å². The minimum atomic E-state index is -0.566. The smallest absolute Gasteiger partial charge is 0.321 e. The van der Waals surface area contributed by atoms with E-state index in [2.05, 4.69) is 10.6 Å². The largest absolute Gasteiger partial charge is 0.349 e. The van der Waals surface area contributed by atoms with Crippen LogP contribution in [0.1, 0.15) is 42.5 Å². The number of nitrogens with one attached hydrogen (secondary N) is 2. The first kappa shape index (κ1) is 17.3. The third-order valence-electron chi connectivity index (χ3n) is 6.04. The van der Waals surface area contributed by atoms with Crippen LogP contribution in [0.15, 0.2) is 18.2 Å². The molecule has 2 bridgehead atoms. The van der Waals surface area contributed by atoms with Crippen LogP contribution in [0.5, 0.6) is 0 Å². The van der Waals surface area contributed by atoms with Crippen molar-refractivity contribution in [3.8, 4) is 0 Å². The summed E-state index contributed by atoms with van der Waals surface area (Å²) in [5.41, 5.74) is 6.67. The number of nitrogens with zero attached hydrogens (tertiary/aromatic N) is 1. The van der Waals surface area contributed by atoms with Crippen molar-refractivity contribution in [2.24, 2.45) is 17.6 Å². The molecule has 4 N–H and O–H groups in total. The van der Waals surface area contributed by atoms with E-state index in [1.807, 2.05) is 0 Å². The Morgan fingerprint density at radius 3 is 2.65 bits per heavy atom. The Hall–Kier alpha value is -2.15. The molecule has 2 unspecified atom stereocenters. The molecule has 0 spiro atoms. The van der Waals surface area contributed by atoms with Crippen LogP contribution in [-0.2, 0) is 0 Å². The molecule has 7 heteroatoms. The van der Waals surface area contributed by atoms with Gasteiger partial charge in [-0.05, 0) is 55.7 Å². The summed E-state index contributed by atoms with van der Waals surface area (Å²) in [6, 6.07) is 4.30. The van der Waals surface area contributed by atoms with E-state index in [1.54, 1.807) is 0 Å². The average Bonchev–Trinajstić information content (AvgIpc) is 3.02. The van der Waals surface area contributed by atoms with E-state index in [9.17, 15) is 14.0 Å². The van der Waals surface area contributed by atoms with E-state index in [0.29, 0.717) is 30.6 Å². The first-order chi connectivity index (χ1) is 12.5. The molecule has 140 valence electrons. The van der Waals surface area contributed by atoms with Gasteiger partial charge in [0.25, 0.3) is 5.91 Å². The molecule has 3 amide bonds. The Labute approximate surface area is 152 Å². The number of rotatable bonds is 3. The van der Waals surface area contributed by atoms with Gasteiger partial charge in [0, 0.05) is 30.9 Å². The Kier molecular flexibility index (Phi) is 4.56. The summed E-state index contributed by atoms with van der Waals surface area (Å²) in [6.07, 6.45) is 5.12. The summed E-state index contributed by atoms with van der Waals surface area (Å²) in [7, 11) is 0. The van der Waals surface area contributed by atoms with Gasteiger partial charge in [-0.1, -0.05) is 6.42 Å². The molecule has 2 saturated carbocycles. The number of urea groups is 1. The van der Waals surface area contributed by atoms with Gasteiger partial charge in [0.2, 0.25) is 0 Å². The topological polar surface area (TPSA) is 87.5 Å². The van der Waals surface area contributed by atoms with Gasteiger partial charge in [0.15, 0.2) is 0 Å². The number of carbonyl (C=O) groups is 2. The highest BCUT2D eigenvalue weighted by Crippen LogP contribution is 2.39. The van der Waals surface area contributed by atoms with E-state index >= 15 is 0 Å². The summed E-state index contributed by atoms with van der Waals surface area (Å²) in [4.78, 5) is 26.1. The molecule has 26 heavy (non-hydrogen) atoms. The van der Waals surface area contributed by atoms with Crippen LogP contribution < -0.4 is 21.3 Å². The van der Waals surface area contributed by atoms with E-state index in [1.165, 1.54) is 29.5 Å². The van der Waals surface area contributed by atoms with Crippen LogP contribution in [0.2, 0.25) is 0 Å². The molecule has 4 rings (SSSR count). The van der Waals surface area contributed by atoms with Crippen molar-refractivity contribution >= 4 is 17.6 Å². The number of hydrogen-bond acceptors (Lipinski definition) is 3. The van der Waals surface area contributed by atoms with E-state index in [4.69, 9.17) is 5.73 Å². The van der Waals surface area contributed by atoms with Crippen molar-refractivity contribution in [2.45, 2.75) is 44.2 Å². The normalized spacial score (nSPS) is 30.8. The number of fused-ring (bicyclic) bond motifs is 2. The maximum Gasteiger partial charge on any atom is 0.321 e. The zero-order valence-corrected chi connectivity index (χ0v) is 14.7. The number of anilines is 1. The lowest BCUT2D eigenvalue weighted by atomic mass is 9.67. The van der Waals surface area contributed by atoms with Gasteiger partial charge < -0.3 is 16.4 Å². The lowest BCUT2D eigenvalue weighted by molar-refractivity contribution is 0.0752. The summed E-state index contributed by atoms with van der Waals surface area (Å²) in [5.74, 6) is -0.223. The summed E-state index contributed by atoms with van der Waals surface area (Å²) in [5, 5.41) is 5.78. The van der Waals surface area contributed by atoms with Crippen LogP contribution in [0.25, 0.3) is 0 Å². The molecule has 1 aromatic rings. The molecule has 0 radical (unpaired) electrons.